The summed E-state index contributed by atoms with van der Waals surface area (Å²) in [5.41, 5.74) is 2.06. The van der Waals surface area contributed by atoms with Crippen molar-refractivity contribution in [2.45, 2.75) is 39.5 Å². The predicted octanol–water partition coefficient (Wildman–Crippen LogP) is 2.94. The third kappa shape index (κ3) is 4.97. The molecule has 0 radical (unpaired) electrons. The molecule has 1 aromatic heterocycles. The van der Waals surface area contributed by atoms with Gasteiger partial charge in [-0.05, 0) is 26.3 Å². The van der Waals surface area contributed by atoms with Crippen LogP contribution in [0.4, 0.5) is 0 Å². The van der Waals surface area contributed by atoms with Gasteiger partial charge in [0.25, 0.3) is 0 Å². The molecule has 0 aliphatic rings. The van der Waals surface area contributed by atoms with Crippen LogP contribution in [0.15, 0.2) is 42.7 Å². The Morgan fingerprint density at radius 2 is 1.85 bits per heavy atom. The van der Waals surface area contributed by atoms with Crippen molar-refractivity contribution >= 4 is 0 Å². The molecular formula is C16H21N3O. The van der Waals surface area contributed by atoms with Gasteiger partial charge in [0.05, 0.1) is 11.9 Å². The molecule has 0 spiro atoms. The largest absolute Gasteiger partial charge is 0.472 e. The minimum atomic E-state index is 0.0581. The maximum absolute atomic E-state index is 5.66. The van der Waals surface area contributed by atoms with Gasteiger partial charge in [0, 0.05) is 18.3 Å². The molecule has 4 heteroatoms. The Labute approximate surface area is 120 Å². The smallest absolute Gasteiger partial charge is 0.232 e. The van der Waals surface area contributed by atoms with Crippen LogP contribution in [0.2, 0.25) is 0 Å². The fourth-order valence-corrected chi connectivity index (χ4v) is 1.63. The van der Waals surface area contributed by atoms with Crippen LogP contribution in [-0.2, 0) is 13.2 Å². The van der Waals surface area contributed by atoms with E-state index >= 15 is 0 Å². The van der Waals surface area contributed by atoms with E-state index in [-0.39, 0.29) is 5.54 Å². The highest BCUT2D eigenvalue weighted by Crippen LogP contribution is 2.09. The number of aromatic nitrogens is 2. The summed E-state index contributed by atoms with van der Waals surface area (Å²) in [6, 6.07) is 10.0. The third-order valence-electron chi connectivity index (χ3n) is 2.69. The Morgan fingerprint density at radius 1 is 1.10 bits per heavy atom. The van der Waals surface area contributed by atoms with Gasteiger partial charge in [-0.1, -0.05) is 30.3 Å². The molecule has 1 N–H and O–H groups in total. The lowest BCUT2D eigenvalue weighted by atomic mass is 10.1. The van der Waals surface area contributed by atoms with Gasteiger partial charge in [-0.2, -0.15) is 0 Å². The standard InChI is InChI=1S/C16H21N3O/c1-16(2,3)18-10-14-9-17-11-15(19-14)20-12-13-7-5-4-6-8-13/h4-9,11,18H,10,12H2,1-3H3. The average Bonchev–Trinajstić information content (AvgIpc) is 2.44. The van der Waals surface area contributed by atoms with Crippen LogP contribution in [0.3, 0.4) is 0 Å². The zero-order valence-corrected chi connectivity index (χ0v) is 12.3. The maximum Gasteiger partial charge on any atom is 0.232 e. The Hall–Kier alpha value is -1.94. The SMILES string of the molecule is CC(C)(C)NCc1cncc(OCc2ccccc2)n1. The minimum absolute atomic E-state index is 0.0581. The number of nitrogens with zero attached hydrogens (tertiary/aromatic N) is 2. The second-order valence-electron chi connectivity index (χ2n) is 5.73. The highest BCUT2D eigenvalue weighted by Gasteiger charge is 2.09. The summed E-state index contributed by atoms with van der Waals surface area (Å²) in [4.78, 5) is 8.61. The summed E-state index contributed by atoms with van der Waals surface area (Å²) in [6.07, 6.45) is 3.40. The van der Waals surface area contributed by atoms with Gasteiger partial charge in [0.2, 0.25) is 5.88 Å². The van der Waals surface area contributed by atoms with Crippen molar-refractivity contribution in [1.29, 1.82) is 0 Å². The predicted molar refractivity (Wildman–Crippen MR) is 79.4 cm³/mol. The van der Waals surface area contributed by atoms with Crippen LogP contribution in [-0.4, -0.2) is 15.5 Å². The van der Waals surface area contributed by atoms with Crippen molar-refractivity contribution in [2.24, 2.45) is 0 Å². The van der Waals surface area contributed by atoms with Crippen molar-refractivity contribution in [3.63, 3.8) is 0 Å². The van der Waals surface area contributed by atoms with Crippen molar-refractivity contribution in [3.05, 3.63) is 54.0 Å². The summed E-state index contributed by atoms with van der Waals surface area (Å²) in [5, 5.41) is 3.38. The van der Waals surface area contributed by atoms with E-state index in [1.54, 1.807) is 12.4 Å². The number of benzene rings is 1. The average molecular weight is 271 g/mol. The topological polar surface area (TPSA) is 47.0 Å². The molecule has 0 bridgehead atoms. The van der Waals surface area contributed by atoms with Crippen molar-refractivity contribution in [1.82, 2.24) is 15.3 Å². The highest BCUT2D eigenvalue weighted by molar-refractivity contribution is 5.15. The van der Waals surface area contributed by atoms with Crippen molar-refractivity contribution in [2.75, 3.05) is 0 Å². The number of hydrogen-bond donors (Lipinski definition) is 1. The Bertz CT molecular complexity index is 535. The first-order valence-electron chi connectivity index (χ1n) is 6.76. The first-order valence-corrected chi connectivity index (χ1v) is 6.76. The van der Waals surface area contributed by atoms with Gasteiger partial charge in [-0.15, -0.1) is 0 Å². The zero-order chi connectivity index (χ0) is 14.4. The van der Waals surface area contributed by atoms with Crippen LogP contribution in [0.25, 0.3) is 0 Å². The summed E-state index contributed by atoms with van der Waals surface area (Å²) in [5.74, 6) is 0.557. The van der Waals surface area contributed by atoms with E-state index in [4.69, 9.17) is 4.74 Å². The molecule has 20 heavy (non-hydrogen) atoms. The first-order chi connectivity index (χ1) is 9.53. The van der Waals surface area contributed by atoms with Crippen LogP contribution < -0.4 is 10.1 Å². The van der Waals surface area contributed by atoms with Crippen LogP contribution in [0.5, 0.6) is 5.88 Å². The third-order valence-corrected chi connectivity index (χ3v) is 2.69. The minimum Gasteiger partial charge on any atom is -0.472 e. The molecule has 106 valence electrons. The molecular weight excluding hydrogens is 250 g/mol. The summed E-state index contributed by atoms with van der Waals surface area (Å²) >= 11 is 0. The first kappa shape index (κ1) is 14.5. The van der Waals surface area contributed by atoms with Crippen LogP contribution >= 0.6 is 0 Å². The lowest BCUT2D eigenvalue weighted by molar-refractivity contribution is 0.290. The van der Waals surface area contributed by atoms with E-state index in [0.717, 1.165) is 11.3 Å². The van der Waals surface area contributed by atoms with Crippen molar-refractivity contribution < 1.29 is 4.74 Å². The van der Waals surface area contributed by atoms with Gasteiger partial charge in [-0.3, -0.25) is 4.98 Å². The van der Waals surface area contributed by atoms with E-state index < -0.39 is 0 Å². The van der Waals surface area contributed by atoms with Crippen molar-refractivity contribution in [3.8, 4) is 5.88 Å². The fourth-order valence-electron chi connectivity index (χ4n) is 1.63. The molecule has 1 aromatic carbocycles. The molecule has 0 fully saturated rings. The summed E-state index contributed by atoms with van der Waals surface area (Å²) in [7, 11) is 0. The van der Waals surface area contributed by atoms with Gasteiger partial charge >= 0.3 is 0 Å². The van der Waals surface area contributed by atoms with Gasteiger partial charge in [0.15, 0.2) is 0 Å². The van der Waals surface area contributed by atoms with E-state index in [1.807, 2.05) is 30.3 Å². The number of nitrogens with one attached hydrogen (secondary N) is 1. The molecule has 2 aromatic rings. The van der Waals surface area contributed by atoms with E-state index in [9.17, 15) is 0 Å². The molecule has 0 amide bonds. The van der Waals surface area contributed by atoms with Gasteiger partial charge in [-0.25, -0.2) is 4.98 Å². The second kappa shape index (κ2) is 6.48. The van der Waals surface area contributed by atoms with E-state index in [1.165, 1.54) is 0 Å². The molecule has 0 unspecified atom stereocenters. The molecule has 0 aliphatic carbocycles. The number of rotatable bonds is 5. The fraction of sp³-hybridized carbons (Fsp3) is 0.375. The Kier molecular flexibility index (Phi) is 4.69. The molecule has 0 saturated heterocycles. The lowest BCUT2D eigenvalue weighted by Crippen LogP contribution is -2.35. The van der Waals surface area contributed by atoms with Crippen LogP contribution in [0, 0.1) is 0 Å². The quantitative estimate of drug-likeness (QED) is 0.908. The Balaban J connectivity index is 1.92. The van der Waals surface area contributed by atoms with Gasteiger partial charge < -0.3 is 10.1 Å². The molecule has 0 saturated carbocycles. The highest BCUT2D eigenvalue weighted by atomic mass is 16.5. The summed E-state index contributed by atoms with van der Waals surface area (Å²) < 4.78 is 5.66. The normalized spacial score (nSPS) is 11.3. The monoisotopic (exact) mass is 271 g/mol. The molecule has 0 atom stereocenters. The zero-order valence-electron chi connectivity index (χ0n) is 12.3. The molecule has 1 heterocycles. The molecule has 4 nitrogen and oxygen atoms in total. The maximum atomic E-state index is 5.66. The molecule has 2 rings (SSSR count). The van der Waals surface area contributed by atoms with E-state index in [0.29, 0.717) is 19.0 Å². The van der Waals surface area contributed by atoms with E-state index in [2.05, 4.69) is 36.1 Å². The summed E-state index contributed by atoms with van der Waals surface area (Å²) in [6.45, 7) is 7.55. The Morgan fingerprint density at radius 3 is 2.55 bits per heavy atom. The number of hydrogen-bond acceptors (Lipinski definition) is 4. The second-order valence-corrected chi connectivity index (χ2v) is 5.73. The molecule has 0 aliphatic heterocycles. The van der Waals surface area contributed by atoms with Crippen LogP contribution in [0.1, 0.15) is 32.0 Å². The lowest BCUT2D eigenvalue weighted by Gasteiger charge is -2.20. The van der Waals surface area contributed by atoms with Gasteiger partial charge in [0.1, 0.15) is 6.61 Å². The number of ether oxygens (including phenoxy) is 1.